The highest BCUT2D eigenvalue weighted by atomic mass is 32.2. The normalized spacial score (nSPS) is 12.0. The molecule has 1 amide bonds. The summed E-state index contributed by atoms with van der Waals surface area (Å²) < 4.78 is 71.1. The van der Waals surface area contributed by atoms with E-state index in [1.54, 1.807) is 0 Å². The van der Waals surface area contributed by atoms with Crippen LogP contribution in [0, 0.1) is 0 Å². The zero-order valence-electron chi connectivity index (χ0n) is 15.1. The summed E-state index contributed by atoms with van der Waals surface area (Å²) in [4.78, 5) is 12.2. The molecule has 2 rings (SSSR count). The summed E-state index contributed by atoms with van der Waals surface area (Å²) in [6.07, 6.45) is -4.82. The van der Waals surface area contributed by atoms with Gasteiger partial charge < -0.3 is 14.8 Å². The summed E-state index contributed by atoms with van der Waals surface area (Å²) >= 11 is 0. The third-order valence-electron chi connectivity index (χ3n) is 3.53. The lowest BCUT2D eigenvalue weighted by Gasteiger charge is -2.15. The first kappa shape index (κ1) is 21.5. The Morgan fingerprint density at radius 2 is 1.68 bits per heavy atom. The molecule has 2 aromatic carbocycles. The number of hydrogen-bond donors (Lipinski definition) is 1. The Hall–Kier alpha value is -2.79. The number of anilines is 1. The highest BCUT2D eigenvalue weighted by Gasteiger charge is 2.31. The van der Waals surface area contributed by atoms with E-state index in [1.165, 1.54) is 45.5 Å². The minimum absolute atomic E-state index is 0.0249. The predicted molar refractivity (Wildman–Crippen MR) is 94.9 cm³/mol. The van der Waals surface area contributed by atoms with Crippen molar-refractivity contribution in [2.45, 2.75) is 11.3 Å². The highest BCUT2D eigenvalue weighted by molar-refractivity contribution is 7.89. The number of halogens is 3. The van der Waals surface area contributed by atoms with Crippen molar-refractivity contribution in [2.75, 3.05) is 26.5 Å². The number of sulfonamides is 1. The fourth-order valence-electron chi connectivity index (χ4n) is 2.16. The van der Waals surface area contributed by atoms with Gasteiger partial charge in [-0.1, -0.05) is 0 Å². The fourth-order valence-corrected chi connectivity index (χ4v) is 3.23. The Labute approximate surface area is 159 Å². The molecule has 28 heavy (non-hydrogen) atoms. The standard InChI is InChI=1S/C17H17F3N2O5S/c1-22(2)28(24,25)15-10-11(4-9-14(15)26-3)16(23)21-12-5-7-13(8-6-12)27-17(18,19)20/h4-10H,1-3H3,(H,21,23). The van der Waals surface area contributed by atoms with Crippen molar-refractivity contribution in [3.63, 3.8) is 0 Å². The average Bonchev–Trinajstić information content (AvgIpc) is 2.61. The van der Waals surface area contributed by atoms with Gasteiger partial charge in [-0.2, -0.15) is 0 Å². The molecule has 0 aromatic heterocycles. The monoisotopic (exact) mass is 418 g/mol. The summed E-state index contributed by atoms with van der Waals surface area (Å²) in [6.45, 7) is 0. The molecule has 0 aliphatic carbocycles. The van der Waals surface area contributed by atoms with E-state index in [-0.39, 0.29) is 21.9 Å². The molecular formula is C17H17F3N2O5S. The van der Waals surface area contributed by atoms with Crippen LogP contribution >= 0.6 is 0 Å². The van der Waals surface area contributed by atoms with Crippen LogP contribution < -0.4 is 14.8 Å². The SMILES string of the molecule is COc1ccc(C(=O)Nc2ccc(OC(F)(F)F)cc2)cc1S(=O)(=O)N(C)C. The van der Waals surface area contributed by atoms with Gasteiger partial charge >= 0.3 is 6.36 Å². The number of carbonyl (C=O) groups excluding carboxylic acids is 1. The maximum Gasteiger partial charge on any atom is 0.573 e. The van der Waals surface area contributed by atoms with Crippen molar-refractivity contribution >= 4 is 21.6 Å². The lowest BCUT2D eigenvalue weighted by atomic mass is 10.2. The summed E-state index contributed by atoms with van der Waals surface area (Å²) in [5, 5.41) is 2.47. The Morgan fingerprint density at radius 3 is 2.18 bits per heavy atom. The number of carbonyl (C=O) groups is 1. The first-order valence-electron chi connectivity index (χ1n) is 7.72. The molecule has 0 spiro atoms. The van der Waals surface area contributed by atoms with Crippen LogP contribution in [0.5, 0.6) is 11.5 Å². The molecule has 0 bridgehead atoms. The Kier molecular flexibility index (Phi) is 6.20. The Balaban J connectivity index is 2.25. The molecule has 7 nitrogen and oxygen atoms in total. The van der Waals surface area contributed by atoms with Crippen molar-refractivity contribution in [3.8, 4) is 11.5 Å². The molecule has 0 aliphatic heterocycles. The highest BCUT2D eigenvalue weighted by Crippen LogP contribution is 2.28. The molecule has 0 radical (unpaired) electrons. The van der Waals surface area contributed by atoms with E-state index in [0.29, 0.717) is 0 Å². The smallest absolute Gasteiger partial charge is 0.495 e. The molecule has 0 atom stereocenters. The summed E-state index contributed by atoms with van der Waals surface area (Å²) in [7, 11) is 0.112. The molecule has 0 aliphatic rings. The number of nitrogens with one attached hydrogen (secondary N) is 1. The number of hydrogen-bond acceptors (Lipinski definition) is 5. The number of ether oxygens (including phenoxy) is 2. The number of rotatable bonds is 6. The number of nitrogens with zero attached hydrogens (tertiary/aromatic N) is 1. The van der Waals surface area contributed by atoms with E-state index in [2.05, 4.69) is 10.1 Å². The molecule has 11 heteroatoms. The van der Waals surface area contributed by atoms with Crippen LogP contribution in [0.1, 0.15) is 10.4 Å². The molecule has 0 saturated heterocycles. The lowest BCUT2D eigenvalue weighted by Crippen LogP contribution is -2.23. The quantitative estimate of drug-likeness (QED) is 0.779. The number of alkyl halides is 3. The van der Waals surface area contributed by atoms with E-state index < -0.39 is 28.0 Å². The van der Waals surface area contributed by atoms with Gasteiger partial charge in [0.2, 0.25) is 10.0 Å². The van der Waals surface area contributed by atoms with E-state index in [1.807, 2.05) is 0 Å². The van der Waals surface area contributed by atoms with Gasteiger partial charge in [-0.15, -0.1) is 13.2 Å². The zero-order chi connectivity index (χ0) is 21.1. The second-order valence-corrected chi connectivity index (χ2v) is 7.80. The van der Waals surface area contributed by atoms with Gasteiger partial charge in [0.25, 0.3) is 5.91 Å². The van der Waals surface area contributed by atoms with Crippen LogP contribution in [0.15, 0.2) is 47.4 Å². The first-order chi connectivity index (χ1) is 12.9. The molecule has 0 heterocycles. The minimum atomic E-state index is -4.82. The zero-order valence-corrected chi connectivity index (χ0v) is 15.9. The second kappa shape index (κ2) is 8.07. The molecule has 2 aromatic rings. The second-order valence-electron chi connectivity index (χ2n) is 5.68. The maximum absolute atomic E-state index is 12.4. The van der Waals surface area contributed by atoms with E-state index in [9.17, 15) is 26.4 Å². The summed E-state index contributed by atoms with van der Waals surface area (Å²) in [5.41, 5.74) is 0.226. The number of methoxy groups -OCH3 is 1. The van der Waals surface area contributed by atoms with E-state index in [4.69, 9.17) is 4.74 Å². The summed E-state index contributed by atoms with van der Waals surface area (Å²) in [6, 6.07) is 8.39. The van der Waals surface area contributed by atoms with Crippen molar-refractivity contribution in [3.05, 3.63) is 48.0 Å². The molecular weight excluding hydrogens is 401 g/mol. The molecule has 0 unspecified atom stereocenters. The summed E-state index contributed by atoms with van der Waals surface area (Å²) in [5.74, 6) is -1.02. The van der Waals surface area contributed by atoms with Crippen molar-refractivity contribution in [1.82, 2.24) is 4.31 Å². The number of benzene rings is 2. The van der Waals surface area contributed by atoms with Crippen LogP contribution in [0.25, 0.3) is 0 Å². The largest absolute Gasteiger partial charge is 0.573 e. The van der Waals surface area contributed by atoms with Gasteiger partial charge in [-0.3, -0.25) is 4.79 Å². The van der Waals surface area contributed by atoms with E-state index in [0.717, 1.165) is 22.5 Å². The molecule has 152 valence electrons. The first-order valence-corrected chi connectivity index (χ1v) is 9.16. The van der Waals surface area contributed by atoms with Crippen LogP contribution in [-0.4, -0.2) is 46.2 Å². The molecule has 0 fully saturated rings. The average molecular weight is 418 g/mol. The van der Waals surface area contributed by atoms with Gasteiger partial charge in [0.05, 0.1) is 7.11 Å². The van der Waals surface area contributed by atoms with Crippen molar-refractivity contribution < 1.29 is 35.9 Å². The van der Waals surface area contributed by atoms with Crippen molar-refractivity contribution in [2.24, 2.45) is 0 Å². The van der Waals surface area contributed by atoms with Crippen LogP contribution in [0.2, 0.25) is 0 Å². The van der Waals surface area contributed by atoms with Gasteiger partial charge in [0.15, 0.2) is 0 Å². The third-order valence-corrected chi connectivity index (χ3v) is 5.37. The topological polar surface area (TPSA) is 84.9 Å². The van der Waals surface area contributed by atoms with Crippen molar-refractivity contribution in [1.29, 1.82) is 0 Å². The van der Waals surface area contributed by atoms with Gasteiger partial charge in [0, 0.05) is 25.3 Å². The molecule has 1 N–H and O–H groups in total. The minimum Gasteiger partial charge on any atom is -0.495 e. The lowest BCUT2D eigenvalue weighted by molar-refractivity contribution is -0.274. The van der Waals surface area contributed by atoms with Crippen LogP contribution in [0.3, 0.4) is 0 Å². The van der Waals surface area contributed by atoms with Gasteiger partial charge in [-0.25, -0.2) is 12.7 Å². The Bertz CT molecular complexity index is 958. The van der Waals surface area contributed by atoms with Crippen LogP contribution in [0.4, 0.5) is 18.9 Å². The van der Waals surface area contributed by atoms with E-state index >= 15 is 0 Å². The fraction of sp³-hybridized carbons (Fsp3) is 0.235. The van der Waals surface area contributed by atoms with Crippen LogP contribution in [-0.2, 0) is 10.0 Å². The molecule has 0 saturated carbocycles. The maximum atomic E-state index is 12.4. The van der Waals surface area contributed by atoms with Gasteiger partial charge in [-0.05, 0) is 42.5 Å². The predicted octanol–water partition coefficient (Wildman–Crippen LogP) is 3.10. The Morgan fingerprint density at radius 1 is 1.07 bits per heavy atom. The third kappa shape index (κ3) is 5.14. The number of amides is 1. The van der Waals surface area contributed by atoms with Gasteiger partial charge in [0.1, 0.15) is 16.4 Å².